The van der Waals surface area contributed by atoms with Gasteiger partial charge in [-0.1, -0.05) is 18.2 Å². The molecule has 1 unspecified atom stereocenters. The van der Waals surface area contributed by atoms with E-state index in [-0.39, 0.29) is 5.56 Å². The van der Waals surface area contributed by atoms with Crippen LogP contribution in [-0.2, 0) is 9.59 Å². The summed E-state index contributed by atoms with van der Waals surface area (Å²) >= 11 is 0. The van der Waals surface area contributed by atoms with E-state index in [1.54, 1.807) is 18.2 Å². The van der Waals surface area contributed by atoms with Gasteiger partial charge in [-0.2, -0.15) is 0 Å². The largest absolute Gasteiger partial charge is 0.357 e. The van der Waals surface area contributed by atoms with E-state index in [0.29, 0.717) is 5.69 Å². The quantitative estimate of drug-likeness (QED) is 0.607. The Morgan fingerprint density at radius 3 is 2.43 bits per heavy atom. The molecule has 0 bridgehead atoms. The second-order valence-electron chi connectivity index (χ2n) is 5.97. The van der Waals surface area contributed by atoms with Gasteiger partial charge in [0, 0.05) is 12.7 Å². The van der Waals surface area contributed by atoms with E-state index < -0.39 is 42.1 Å². The number of carbonyl (C=O) groups excluding carboxylic acids is 3. The Morgan fingerprint density at radius 1 is 1.04 bits per heavy atom. The number of urea groups is 1. The molecule has 28 heavy (non-hydrogen) atoms. The second-order valence-corrected chi connectivity index (χ2v) is 5.97. The van der Waals surface area contributed by atoms with Gasteiger partial charge in [-0.15, -0.1) is 0 Å². The number of carbonyl (C=O) groups is 3. The summed E-state index contributed by atoms with van der Waals surface area (Å²) in [6.45, 7) is 1.45. The molecule has 0 heterocycles. The third kappa shape index (κ3) is 5.76. The van der Waals surface area contributed by atoms with Crippen LogP contribution in [0.1, 0.15) is 17.2 Å². The molecule has 2 aromatic rings. The van der Waals surface area contributed by atoms with Crippen LogP contribution in [0.15, 0.2) is 42.5 Å². The lowest BCUT2D eigenvalue weighted by Gasteiger charge is -2.18. The van der Waals surface area contributed by atoms with Gasteiger partial charge in [0.15, 0.2) is 11.6 Å². The van der Waals surface area contributed by atoms with Gasteiger partial charge >= 0.3 is 6.03 Å². The molecule has 0 aliphatic heterocycles. The lowest BCUT2D eigenvalue weighted by Crippen LogP contribution is -2.44. The molecule has 2 aromatic carbocycles. The van der Waals surface area contributed by atoms with Gasteiger partial charge in [-0.05, 0) is 42.3 Å². The average molecular weight is 390 g/mol. The zero-order valence-corrected chi connectivity index (χ0v) is 15.3. The van der Waals surface area contributed by atoms with E-state index in [1.165, 1.54) is 13.1 Å². The topological polar surface area (TPSA) is 99.3 Å². The van der Waals surface area contributed by atoms with Crippen molar-refractivity contribution in [3.05, 3.63) is 65.2 Å². The summed E-state index contributed by atoms with van der Waals surface area (Å²) in [5.74, 6) is -3.52. The van der Waals surface area contributed by atoms with Gasteiger partial charge in [0.25, 0.3) is 0 Å². The van der Waals surface area contributed by atoms with Crippen LogP contribution in [0.4, 0.5) is 19.3 Å². The number of likely N-dealkylation sites (N-methyl/N-ethyl adjacent to an activating group) is 1. The first-order valence-corrected chi connectivity index (χ1v) is 8.37. The van der Waals surface area contributed by atoms with E-state index in [9.17, 15) is 23.2 Å². The van der Waals surface area contributed by atoms with E-state index in [2.05, 4.69) is 21.3 Å². The first-order valence-electron chi connectivity index (χ1n) is 8.37. The van der Waals surface area contributed by atoms with E-state index in [1.807, 2.05) is 13.0 Å². The number of amides is 4. The maximum Gasteiger partial charge on any atom is 0.319 e. The van der Waals surface area contributed by atoms with Crippen molar-refractivity contribution in [1.29, 1.82) is 0 Å². The number of benzene rings is 2. The minimum atomic E-state index is -1.24. The number of rotatable bonds is 6. The summed E-state index contributed by atoms with van der Waals surface area (Å²) in [6.07, 6.45) is 0. The second kappa shape index (κ2) is 9.45. The lowest BCUT2D eigenvalue weighted by atomic mass is 10.1. The standard InChI is InChI=1S/C19H20F2N4O3/c1-11-4-3-5-13(8-11)24-19(28)23-10-16(26)25-17(18(27)22-2)12-6-7-14(20)15(21)9-12/h3-9,17H,10H2,1-2H3,(H,22,27)(H,25,26)(H2,23,24,28). The molecule has 4 amide bonds. The highest BCUT2D eigenvalue weighted by molar-refractivity contribution is 5.94. The third-order valence-corrected chi connectivity index (χ3v) is 3.78. The van der Waals surface area contributed by atoms with Crippen molar-refractivity contribution < 1.29 is 23.2 Å². The van der Waals surface area contributed by atoms with E-state index in [4.69, 9.17) is 0 Å². The third-order valence-electron chi connectivity index (χ3n) is 3.78. The number of aryl methyl sites for hydroxylation is 1. The number of nitrogens with one attached hydrogen (secondary N) is 4. The number of hydrogen-bond acceptors (Lipinski definition) is 3. The van der Waals surface area contributed by atoms with Crippen LogP contribution < -0.4 is 21.3 Å². The van der Waals surface area contributed by atoms with Gasteiger partial charge < -0.3 is 21.3 Å². The molecule has 0 fully saturated rings. The molecule has 0 aliphatic rings. The first-order chi connectivity index (χ1) is 13.3. The fourth-order valence-corrected chi connectivity index (χ4v) is 2.41. The first kappa shape index (κ1) is 20.8. The molecule has 0 saturated carbocycles. The fourth-order valence-electron chi connectivity index (χ4n) is 2.41. The van der Waals surface area contributed by atoms with Crippen molar-refractivity contribution in [3.63, 3.8) is 0 Å². The summed E-state index contributed by atoms with van der Waals surface area (Å²) < 4.78 is 26.6. The minimum Gasteiger partial charge on any atom is -0.357 e. The van der Waals surface area contributed by atoms with Crippen molar-refractivity contribution in [2.45, 2.75) is 13.0 Å². The highest BCUT2D eigenvalue weighted by atomic mass is 19.2. The Bertz CT molecular complexity index is 889. The molecule has 0 radical (unpaired) electrons. The number of halogens is 2. The van der Waals surface area contributed by atoms with Crippen molar-refractivity contribution in [3.8, 4) is 0 Å². The Balaban J connectivity index is 1.96. The zero-order valence-electron chi connectivity index (χ0n) is 15.3. The van der Waals surface area contributed by atoms with Gasteiger partial charge in [0.1, 0.15) is 6.04 Å². The normalized spacial score (nSPS) is 11.3. The average Bonchev–Trinajstić information content (AvgIpc) is 2.66. The molecule has 4 N–H and O–H groups in total. The summed E-state index contributed by atoms with van der Waals surface area (Å²) in [5.41, 5.74) is 1.58. The molecule has 9 heteroatoms. The van der Waals surface area contributed by atoms with E-state index in [0.717, 1.165) is 17.7 Å². The van der Waals surface area contributed by atoms with Crippen LogP contribution >= 0.6 is 0 Å². The molecule has 2 rings (SSSR count). The summed E-state index contributed by atoms with van der Waals surface area (Å²) in [6, 6.07) is 8.12. The summed E-state index contributed by atoms with van der Waals surface area (Å²) in [5, 5.41) is 9.64. The van der Waals surface area contributed by atoms with Crippen LogP contribution in [-0.4, -0.2) is 31.4 Å². The van der Waals surface area contributed by atoms with Gasteiger partial charge in [-0.25, -0.2) is 13.6 Å². The van der Waals surface area contributed by atoms with Gasteiger partial charge in [-0.3, -0.25) is 9.59 Å². The fraction of sp³-hybridized carbons (Fsp3) is 0.211. The van der Waals surface area contributed by atoms with Gasteiger partial charge in [0.05, 0.1) is 6.54 Å². The van der Waals surface area contributed by atoms with Crippen LogP contribution in [0.5, 0.6) is 0 Å². The highest BCUT2D eigenvalue weighted by Crippen LogP contribution is 2.17. The number of hydrogen-bond donors (Lipinski definition) is 4. The van der Waals surface area contributed by atoms with Gasteiger partial charge in [0.2, 0.25) is 11.8 Å². The monoisotopic (exact) mass is 390 g/mol. The molecule has 0 saturated heterocycles. The molecule has 0 aliphatic carbocycles. The molecule has 0 aromatic heterocycles. The maximum atomic E-state index is 13.4. The molecule has 7 nitrogen and oxygen atoms in total. The smallest absolute Gasteiger partial charge is 0.319 e. The van der Waals surface area contributed by atoms with Crippen LogP contribution in [0.2, 0.25) is 0 Å². The molecular formula is C19H20F2N4O3. The predicted molar refractivity (Wildman–Crippen MR) is 99.5 cm³/mol. The SMILES string of the molecule is CNC(=O)C(NC(=O)CNC(=O)Nc1cccc(C)c1)c1ccc(F)c(F)c1. The molecule has 148 valence electrons. The van der Waals surface area contributed by atoms with Crippen LogP contribution in [0.3, 0.4) is 0 Å². The maximum absolute atomic E-state index is 13.4. The number of anilines is 1. The highest BCUT2D eigenvalue weighted by Gasteiger charge is 2.23. The molecule has 0 spiro atoms. The minimum absolute atomic E-state index is 0.0656. The molecule has 1 atom stereocenters. The van der Waals surface area contributed by atoms with Crippen molar-refractivity contribution in [2.75, 3.05) is 18.9 Å². The zero-order chi connectivity index (χ0) is 20.7. The van der Waals surface area contributed by atoms with E-state index >= 15 is 0 Å². The van der Waals surface area contributed by atoms with Crippen LogP contribution in [0, 0.1) is 18.6 Å². The predicted octanol–water partition coefficient (Wildman–Crippen LogP) is 2.00. The summed E-state index contributed by atoms with van der Waals surface area (Å²) in [4.78, 5) is 36.0. The van der Waals surface area contributed by atoms with Crippen LogP contribution in [0.25, 0.3) is 0 Å². The Labute approximate surface area is 160 Å². The van der Waals surface area contributed by atoms with Crippen molar-refractivity contribution in [2.24, 2.45) is 0 Å². The van der Waals surface area contributed by atoms with Crippen molar-refractivity contribution in [1.82, 2.24) is 16.0 Å². The summed E-state index contributed by atoms with van der Waals surface area (Å²) in [7, 11) is 1.34. The Kier molecular flexibility index (Phi) is 7.02. The van der Waals surface area contributed by atoms with Crippen molar-refractivity contribution >= 4 is 23.5 Å². The Morgan fingerprint density at radius 2 is 1.79 bits per heavy atom. The lowest BCUT2D eigenvalue weighted by molar-refractivity contribution is -0.128. The Hall–Kier alpha value is -3.49. The molecular weight excluding hydrogens is 370 g/mol.